The third-order valence-corrected chi connectivity index (χ3v) is 9.56. The van der Waals surface area contributed by atoms with Gasteiger partial charge in [0.05, 0.1) is 29.2 Å². The molecule has 7 rings (SSSR count). The predicted molar refractivity (Wildman–Crippen MR) is 155 cm³/mol. The van der Waals surface area contributed by atoms with Crippen molar-refractivity contribution in [1.82, 2.24) is 14.6 Å². The Morgan fingerprint density at radius 3 is 2.79 bits per heavy atom. The van der Waals surface area contributed by atoms with Crippen LogP contribution in [0.25, 0.3) is 21.7 Å². The lowest BCUT2D eigenvalue weighted by atomic mass is 9.92. The number of halogens is 2. The highest BCUT2D eigenvalue weighted by molar-refractivity contribution is 7.99. The number of benzene rings is 2. The van der Waals surface area contributed by atoms with Gasteiger partial charge < -0.3 is 19.1 Å². The maximum Gasteiger partial charge on any atom is 0.510 e. The summed E-state index contributed by atoms with van der Waals surface area (Å²) < 4.78 is 47.0. The van der Waals surface area contributed by atoms with Crippen LogP contribution in [0, 0.1) is 11.6 Å². The molecule has 0 N–H and O–H groups in total. The van der Waals surface area contributed by atoms with Crippen molar-refractivity contribution in [2.45, 2.75) is 12.2 Å². The number of thiazole rings is 1. The Hall–Kier alpha value is -4.43. The number of fused-ring (bicyclic) bond motifs is 7. The topological polar surface area (TPSA) is 103 Å². The number of pyridine rings is 1. The van der Waals surface area contributed by atoms with Crippen molar-refractivity contribution in [3.8, 4) is 27.4 Å². The molecule has 2 aromatic carbocycles. The van der Waals surface area contributed by atoms with Crippen LogP contribution in [0.5, 0.6) is 5.75 Å². The van der Waals surface area contributed by atoms with Crippen LogP contribution in [0.4, 0.5) is 13.6 Å². The molecule has 2 aromatic heterocycles. The van der Waals surface area contributed by atoms with E-state index in [1.54, 1.807) is 32.9 Å². The predicted octanol–water partition coefficient (Wildman–Crippen LogP) is 4.61. The maximum absolute atomic E-state index is 15.8. The van der Waals surface area contributed by atoms with Gasteiger partial charge in [0.25, 0.3) is 5.91 Å². The largest absolute Gasteiger partial charge is 0.510 e. The van der Waals surface area contributed by atoms with Crippen molar-refractivity contribution in [3.63, 3.8) is 0 Å². The number of aromatic nitrogens is 2. The summed E-state index contributed by atoms with van der Waals surface area (Å²) in [5.74, 6) is -1.61. The summed E-state index contributed by atoms with van der Waals surface area (Å²) in [6, 6.07) is 10.7. The van der Waals surface area contributed by atoms with Gasteiger partial charge in [-0.25, -0.2) is 18.6 Å². The summed E-state index contributed by atoms with van der Waals surface area (Å²) >= 11 is 2.98. The molecule has 0 radical (unpaired) electrons. The van der Waals surface area contributed by atoms with Crippen molar-refractivity contribution in [3.05, 3.63) is 92.9 Å². The van der Waals surface area contributed by atoms with Crippen LogP contribution in [-0.4, -0.2) is 64.7 Å². The summed E-state index contributed by atoms with van der Waals surface area (Å²) in [7, 11) is 1.13. The second kappa shape index (κ2) is 10.7. The van der Waals surface area contributed by atoms with Crippen molar-refractivity contribution in [2.75, 3.05) is 37.0 Å². The van der Waals surface area contributed by atoms with E-state index in [0.29, 0.717) is 34.2 Å². The number of nitrogens with zero attached hydrogens (tertiary/aromatic N) is 4. The lowest BCUT2D eigenvalue weighted by molar-refractivity contribution is 0.0131. The SMILES string of the molecule is COC(=O)OCOc1c2n(ccc1=O)N([C@@H]1c3ccccc3-c3scnc3-c3c1ccc(F)c3F)[C@@H]1CSCCN1C2=O. The Morgan fingerprint density at radius 1 is 1.12 bits per heavy atom. The van der Waals surface area contributed by atoms with Gasteiger partial charge in [0.15, 0.2) is 17.3 Å². The number of hydrogen-bond acceptors (Lipinski definition) is 10. The fourth-order valence-electron chi connectivity index (χ4n) is 5.90. The second-order valence-corrected chi connectivity index (χ2v) is 11.8. The van der Waals surface area contributed by atoms with E-state index in [1.807, 2.05) is 29.3 Å². The molecule has 0 bridgehead atoms. The Morgan fingerprint density at radius 2 is 1.95 bits per heavy atom. The second-order valence-electron chi connectivity index (χ2n) is 9.84. The number of methoxy groups -OCH3 is 1. The van der Waals surface area contributed by atoms with Crippen LogP contribution in [0.15, 0.2) is 59.0 Å². The van der Waals surface area contributed by atoms with Crippen molar-refractivity contribution >= 4 is 35.2 Å². The number of ether oxygens (including phenoxy) is 3. The van der Waals surface area contributed by atoms with Gasteiger partial charge in [-0.15, -0.1) is 11.3 Å². The fourth-order valence-corrected chi connectivity index (χ4v) is 7.78. The molecule has 1 saturated heterocycles. The zero-order valence-corrected chi connectivity index (χ0v) is 24.1. The highest BCUT2D eigenvalue weighted by atomic mass is 32.2. The number of carbonyl (C=O) groups excluding carboxylic acids is 2. The van der Waals surface area contributed by atoms with E-state index in [0.717, 1.165) is 24.3 Å². The maximum atomic E-state index is 15.8. The molecule has 43 heavy (non-hydrogen) atoms. The van der Waals surface area contributed by atoms with Crippen molar-refractivity contribution in [1.29, 1.82) is 0 Å². The molecule has 2 atom stereocenters. The summed E-state index contributed by atoms with van der Waals surface area (Å²) in [6.45, 7) is -0.295. The van der Waals surface area contributed by atoms with Crippen molar-refractivity contribution in [2.24, 2.45) is 0 Å². The first-order chi connectivity index (χ1) is 20.9. The third kappa shape index (κ3) is 4.27. The molecule has 2 aliphatic heterocycles. The zero-order valence-electron chi connectivity index (χ0n) is 22.5. The number of rotatable bonds is 4. The first-order valence-electron chi connectivity index (χ1n) is 13.2. The standard InChI is InChI=1S/C29H22F2N4O6S2/c1-39-29(38)41-14-40-26-19(36)8-9-34-25(26)28(37)33-10-11-42-12-20(33)35(34)24-15-4-2-3-5-16(15)27-23(32-13-43-27)21-17(24)6-7-18(30)22(21)31/h2-9,13,20,24H,10-12,14H2,1H3/t20-,24-/m1/s1. The normalized spacial score (nSPS) is 18.4. The molecule has 4 aromatic rings. The Kier molecular flexibility index (Phi) is 6.81. The molecular weight excluding hydrogens is 602 g/mol. The fraction of sp³-hybridized carbons (Fsp3) is 0.241. The van der Waals surface area contributed by atoms with E-state index in [1.165, 1.54) is 23.6 Å². The number of amides is 1. The van der Waals surface area contributed by atoms with E-state index in [4.69, 9.17) is 9.47 Å². The molecule has 0 unspecified atom stereocenters. The molecule has 4 heterocycles. The molecular formula is C29H22F2N4O6S2. The molecule has 14 heteroatoms. The van der Waals surface area contributed by atoms with E-state index >= 15 is 4.39 Å². The van der Waals surface area contributed by atoms with E-state index in [2.05, 4.69) is 9.72 Å². The molecule has 1 fully saturated rings. The minimum absolute atomic E-state index is 0.0370. The van der Waals surface area contributed by atoms with Gasteiger partial charge in [0, 0.05) is 35.9 Å². The first-order valence-corrected chi connectivity index (χ1v) is 15.2. The van der Waals surface area contributed by atoms with E-state index in [9.17, 15) is 18.8 Å². The minimum Gasteiger partial charge on any atom is -0.451 e. The first kappa shape index (κ1) is 27.4. The minimum atomic E-state index is -1.02. The van der Waals surface area contributed by atoms with E-state index in [-0.39, 0.29) is 17.0 Å². The number of carbonyl (C=O) groups is 2. The summed E-state index contributed by atoms with van der Waals surface area (Å²) in [6.07, 6.45) is -0.0714. The highest BCUT2D eigenvalue weighted by Crippen LogP contribution is 2.50. The third-order valence-electron chi connectivity index (χ3n) is 7.69. The molecule has 1 aliphatic carbocycles. The van der Waals surface area contributed by atoms with Gasteiger partial charge >= 0.3 is 6.16 Å². The average Bonchev–Trinajstić information content (AvgIpc) is 3.47. The van der Waals surface area contributed by atoms with Crippen LogP contribution < -0.4 is 15.2 Å². The van der Waals surface area contributed by atoms with E-state index < -0.39 is 48.1 Å². The van der Waals surface area contributed by atoms with Gasteiger partial charge in [-0.1, -0.05) is 30.3 Å². The van der Waals surface area contributed by atoms with Crippen LogP contribution in [0.2, 0.25) is 0 Å². The quantitative estimate of drug-likeness (QED) is 0.238. The zero-order chi connectivity index (χ0) is 29.8. The van der Waals surface area contributed by atoms with Crippen LogP contribution in [-0.2, 0) is 9.47 Å². The molecule has 10 nitrogen and oxygen atoms in total. The molecule has 1 amide bonds. The average molecular weight is 625 g/mol. The van der Waals surface area contributed by atoms with Gasteiger partial charge in [-0.05, 0) is 22.8 Å². The van der Waals surface area contributed by atoms with Gasteiger partial charge in [-0.2, -0.15) is 11.8 Å². The van der Waals surface area contributed by atoms with Gasteiger partial charge in [0.1, 0.15) is 6.17 Å². The summed E-state index contributed by atoms with van der Waals surface area (Å²) in [5.41, 5.74) is 3.31. The van der Waals surface area contributed by atoms with Crippen LogP contribution in [0.3, 0.4) is 0 Å². The highest BCUT2D eigenvalue weighted by Gasteiger charge is 2.47. The molecule has 0 spiro atoms. The molecule has 3 aliphatic rings. The lowest BCUT2D eigenvalue weighted by Gasteiger charge is -2.51. The van der Waals surface area contributed by atoms with Crippen LogP contribution >= 0.6 is 23.1 Å². The van der Waals surface area contributed by atoms with Crippen LogP contribution in [0.1, 0.15) is 27.7 Å². The molecule has 220 valence electrons. The smallest absolute Gasteiger partial charge is 0.451 e. The monoisotopic (exact) mass is 624 g/mol. The van der Waals surface area contributed by atoms with Gasteiger partial charge in [-0.3, -0.25) is 19.3 Å². The Bertz CT molecular complexity index is 1850. The summed E-state index contributed by atoms with van der Waals surface area (Å²) in [4.78, 5) is 45.4. The number of thioether (sulfide) groups is 1. The molecule has 0 saturated carbocycles. The van der Waals surface area contributed by atoms with Crippen molar-refractivity contribution < 1.29 is 32.6 Å². The van der Waals surface area contributed by atoms with Gasteiger partial charge in [0.2, 0.25) is 18.0 Å². The number of hydrogen-bond donors (Lipinski definition) is 0. The summed E-state index contributed by atoms with van der Waals surface area (Å²) in [5, 5.41) is 1.90. The Balaban J connectivity index is 1.49. The Labute approximate surface area is 251 Å². The lowest BCUT2D eigenvalue weighted by Crippen LogP contribution is -2.65.